The van der Waals surface area contributed by atoms with E-state index in [0.717, 1.165) is 6.42 Å². The van der Waals surface area contributed by atoms with Crippen LogP contribution in [0.25, 0.3) is 5.57 Å². The van der Waals surface area contributed by atoms with E-state index in [0.29, 0.717) is 5.92 Å². The summed E-state index contributed by atoms with van der Waals surface area (Å²) in [5.74, 6) is 0.502. The fourth-order valence-corrected chi connectivity index (χ4v) is 2.79. The molecule has 1 aliphatic carbocycles. The van der Waals surface area contributed by atoms with E-state index < -0.39 is 0 Å². The van der Waals surface area contributed by atoms with E-state index in [2.05, 4.69) is 74.6 Å². The fourth-order valence-electron chi connectivity index (χ4n) is 2.79. The van der Waals surface area contributed by atoms with E-state index >= 15 is 0 Å². The van der Waals surface area contributed by atoms with Crippen LogP contribution in [0.2, 0.25) is 0 Å². The van der Waals surface area contributed by atoms with Gasteiger partial charge in [-0.1, -0.05) is 74.6 Å². The Morgan fingerprint density at radius 3 is 2.35 bits per heavy atom. The van der Waals surface area contributed by atoms with Crippen LogP contribution in [0.3, 0.4) is 0 Å². The molecular formula is C19H25N. The first-order valence-corrected chi connectivity index (χ1v) is 7.36. The van der Waals surface area contributed by atoms with Gasteiger partial charge in [-0.3, -0.25) is 0 Å². The number of nitrogens with two attached hydrogens (primary N) is 1. The number of hydrogen-bond donors (Lipinski definition) is 1. The number of rotatable bonds is 5. The van der Waals surface area contributed by atoms with Gasteiger partial charge in [0.1, 0.15) is 0 Å². The zero-order valence-corrected chi connectivity index (χ0v) is 12.7. The Morgan fingerprint density at radius 2 is 1.80 bits per heavy atom. The van der Waals surface area contributed by atoms with Crippen LogP contribution < -0.4 is 5.73 Å². The van der Waals surface area contributed by atoms with Gasteiger partial charge >= 0.3 is 0 Å². The Morgan fingerprint density at radius 1 is 1.20 bits per heavy atom. The third kappa shape index (κ3) is 3.71. The summed E-state index contributed by atoms with van der Waals surface area (Å²) in [6.45, 7) is 6.69. The van der Waals surface area contributed by atoms with E-state index in [1.54, 1.807) is 0 Å². The highest BCUT2D eigenvalue weighted by molar-refractivity contribution is 5.66. The normalized spacial score (nSPS) is 17.7. The molecule has 2 rings (SSSR count). The van der Waals surface area contributed by atoms with E-state index in [1.807, 2.05) is 6.92 Å². The Hall–Kier alpha value is -1.60. The summed E-state index contributed by atoms with van der Waals surface area (Å²) in [5, 5.41) is 0. The van der Waals surface area contributed by atoms with Crippen molar-refractivity contribution in [3.05, 3.63) is 66.3 Å². The summed E-state index contributed by atoms with van der Waals surface area (Å²) in [5.41, 5.74) is 8.82. The molecule has 1 nitrogen and oxygen atoms in total. The monoisotopic (exact) mass is 267 g/mol. The maximum Gasteiger partial charge on any atom is 0.0200 e. The highest BCUT2D eigenvalue weighted by Crippen LogP contribution is 2.40. The SMILES string of the molecule is CC(N)C=C(CC(C)(C)C1C=CC=C1)c1ccccc1. The van der Waals surface area contributed by atoms with Crippen molar-refractivity contribution >= 4 is 5.57 Å². The largest absolute Gasteiger partial charge is 0.325 e. The summed E-state index contributed by atoms with van der Waals surface area (Å²) in [6, 6.07) is 10.7. The molecule has 1 aliphatic rings. The van der Waals surface area contributed by atoms with E-state index in [4.69, 9.17) is 5.73 Å². The predicted molar refractivity (Wildman–Crippen MR) is 88.2 cm³/mol. The lowest BCUT2D eigenvalue weighted by molar-refractivity contribution is 0.314. The second kappa shape index (κ2) is 6.23. The van der Waals surface area contributed by atoms with Crippen LogP contribution in [-0.4, -0.2) is 6.04 Å². The van der Waals surface area contributed by atoms with Crippen molar-refractivity contribution in [1.29, 1.82) is 0 Å². The van der Waals surface area contributed by atoms with Crippen LogP contribution in [0.5, 0.6) is 0 Å². The molecule has 1 atom stereocenters. The molecule has 0 bridgehead atoms. The van der Waals surface area contributed by atoms with Crippen molar-refractivity contribution in [3.63, 3.8) is 0 Å². The molecule has 1 unspecified atom stereocenters. The standard InChI is InChI=1S/C19H25N/c1-15(20)13-17(16-9-5-4-6-10-16)14-19(2,3)18-11-7-8-12-18/h4-13,15,18H,14,20H2,1-3H3. The van der Waals surface area contributed by atoms with Crippen LogP contribution in [0.1, 0.15) is 32.8 Å². The smallest absolute Gasteiger partial charge is 0.0200 e. The van der Waals surface area contributed by atoms with Crippen LogP contribution in [0, 0.1) is 11.3 Å². The molecule has 0 saturated carbocycles. The molecule has 1 aromatic carbocycles. The molecule has 0 spiro atoms. The van der Waals surface area contributed by atoms with Gasteiger partial charge in [0.05, 0.1) is 0 Å². The van der Waals surface area contributed by atoms with Crippen molar-refractivity contribution in [3.8, 4) is 0 Å². The van der Waals surface area contributed by atoms with Crippen LogP contribution in [0.15, 0.2) is 60.7 Å². The summed E-state index contributed by atoms with van der Waals surface area (Å²) >= 11 is 0. The lowest BCUT2D eigenvalue weighted by Crippen LogP contribution is -2.21. The average molecular weight is 267 g/mol. The van der Waals surface area contributed by atoms with Crippen LogP contribution in [-0.2, 0) is 0 Å². The zero-order valence-electron chi connectivity index (χ0n) is 12.7. The van der Waals surface area contributed by atoms with E-state index in [-0.39, 0.29) is 11.5 Å². The van der Waals surface area contributed by atoms with E-state index in [1.165, 1.54) is 11.1 Å². The van der Waals surface area contributed by atoms with Gasteiger partial charge in [0.25, 0.3) is 0 Å². The molecule has 1 aromatic rings. The molecule has 0 heterocycles. The molecule has 0 aromatic heterocycles. The zero-order chi connectivity index (χ0) is 14.6. The second-order valence-corrected chi connectivity index (χ2v) is 6.38. The molecule has 0 fully saturated rings. The molecule has 0 radical (unpaired) electrons. The van der Waals surface area contributed by atoms with Gasteiger partial charge in [0, 0.05) is 12.0 Å². The Labute approximate surface area is 122 Å². The minimum atomic E-state index is 0.0793. The third-order valence-corrected chi connectivity index (χ3v) is 3.91. The minimum Gasteiger partial charge on any atom is -0.325 e. The van der Waals surface area contributed by atoms with Crippen molar-refractivity contribution in [2.45, 2.75) is 33.2 Å². The number of hydrogen-bond acceptors (Lipinski definition) is 1. The van der Waals surface area contributed by atoms with Gasteiger partial charge in [-0.2, -0.15) is 0 Å². The molecular weight excluding hydrogens is 242 g/mol. The Balaban J connectivity index is 2.25. The third-order valence-electron chi connectivity index (χ3n) is 3.91. The molecule has 2 N–H and O–H groups in total. The first kappa shape index (κ1) is 14.8. The molecule has 106 valence electrons. The molecule has 0 saturated heterocycles. The van der Waals surface area contributed by atoms with Gasteiger partial charge in [-0.05, 0) is 29.9 Å². The van der Waals surface area contributed by atoms with Gasteiger partial charge < -0.3 is 5.73 Å². The van der Waals surface area contributed by atoms with Gasteiger partial charge in [-0.15, -0.1) is 0 Å². The van der Waals surface area contributed by atoms with Gasteiger partial charge in [0.15, 0.2) is 0 Å². The summed E-state index contributed by atoms with van der Waals surface area (Å²) in [6.07, 6.45) is 12.1. The maximum absolute atomic E-state index is 6.00. The van der Waals surface area contributed by atoms with Gasteiger partial charge in [-0.25, -0.2) is 0 Å². The molecule has 0 amide bonds. The first-order chi connectivity index (χ1) is 9.49. The molecule has 1 heteroatoms. The predicted octanol–water partition coefficient (Wildman–Crippen LogP) is 4.58. The quantitative estimate of drug-likeness (QED) is 0.830. The highest BCUT2D eigenvalue weighted by atomic mass is 14.6. The average Bonchev–Trinajstić information content (AvgIpc) is 2.93. The van der Waals surface area contributed by atoms with Crippen molar-refractivity contribution in [2.75, 3.05) is 0 Å². The first-order valence-electron chi connectivity index (χ1n) is 7.36. The molecule has 0 aliphatic heterocycles. The van der Waals surface area contributed by atoms with Crippen molar-refractivity contribution in [1.82, 2.24) is 0 Å². The second-order valence-electron chi connectivity index (χ2n) is 6.38. The summed E-state index contributed by atoms with van der Waals surface area (Å²) in [7, 11) is 0. The van der Waals surface area contributed by atoms with Crippen LogP contribution >= 0.6 is 0 Å². The van der Waals surface area contributed by atoms with Crippen molar-refractivity contribution < 1.29 is 0 Å². The Kier molecular flexibility index (Phi) is 4.61. The molecule has 20 heavy (non-hydrogen) atoms. The summed E-state index contributed by atoms with van der Waals surface area (Å²) < 4.78 is 0. The Bertz CT molecular complexity index is 506. The number of benzene rings is 1. The fraction of sp³-hybridized carbons (Fsp3) is 0.368. The summed E-state index contributed by atoms with van der Waals surface area (Å²) in [4.78, 5) is 0. The number of allylic oxidation sites excluding steroid dienone is 5. The maximum atomic E-state index is 6.00. The van der Waals surface area contributed by atoms with Crippen molar-refractivity contribution in [2.24, 2.45) is 17.1 Å². The topological polar surface area (TPSA) is 26.0 Å². The lowest BCUT2D eigenvalue weighted by atomic mass is 9.73. The highest BCUT2D eigenvalue weighted by Gasteiger charge is 2.28. The van der Waals surface area contributed by atoms with E-state index in [9.17, 15) is 0 Å². The van der Waals surface area contributed by atoms with Gasteiger partial charge in [0.2, 0.25) is 0 Å². The lowest BCUT2D eigenvalue weighted by Gasteiger charge is -2.31. The van der Waals surface area contributed by atoms with Crippen LogP contribution in [0.4, 0.5) is 0 Å². The minimum absolute atomic E-state index is 0.0793.